The smallest absolute Gasteiger partial charge is 0.318 e. The molecule has 0 spiro atoms. The number of carbonyl (C=O) groups excluding carboxylic acids is 1. The molecule has 0 aliphatic carbocycles. The quantitative estimate of drug-likeness (QED) is 0.202. The van der Waals surface area contributed by atoms with Crippen molar-refractivity contribution in [2.24, 2.45) is 5.10 Å². The summed E-state index contributed by atoms with van der Waals surface area (Å²) in [6.07, 6.45) is -3.26. The lowest BCUT2D eigenvalue weighted by atomic mass is 10.1. The number of nitrogens with one attached hydrogen (secondary N) is 1. The van der Waals surface area contributed by atoms with Gasteiger partial charge in [-0.2, -0.15) is 18.3 Å². The lowest BCUT2D eigenvalue weighted by Gasteiger charge is -2.24. The molecule has 0 radical (unpaired) electrons. The van der Waals surface area contributed by atoms with Crippen molar-refractivity contribution in [3.05, 3.63) is 113 Å². The maximum absolute atomic E-state index is 13.4. The van der Waals surface area contributed by atoms with Crippen molar-refractivity contribution in [1.29, 1.82) is 0 Å². The highest BCUT2D eigenvalue weighted by Gasteiger charge is 2.33. The summed E-state index contributed by atoms with van der Waals surface area (Å²) in [5.41, 5.74) is 6.77. The highest BCUT2D eigenvalue weighted by Crippen LogP contribution is 2.33. The number of hydrogen-bond donors (Lipinski definition) is 1. The van der Waals surface area contributed by atoms with Crippen LogP contribution in [0.2, 0.25) is 0 Å². The average molecular weight is 583 g/mol. The van der Waals surface area contributed by atoms with Gasteiger partial charge in [0.1, 0.15) is 6.54 Å². The van der Waals surface area contributed by atoms with Crippen LogP contribution in [0.3, 0.4) is 0 Å². The van der Waals surface area contributed by atoms with Crippen LogP contribution in [-0.4, -0.2) is 31.7 Å². The number of anilines is 1. The average Bonchev–Trinajstić information content (AvgIpc) is 3.20. The summed E-state index contributed by atoms with van der Waals surface area (Å²) in [7, 11) is -4.39. The first-order valence-corrected chi connectivity index (χ1v) is 14.1. The molecule has 0 atom stereocenters. The Kier molecular flexibility index (Phi) is 8.39. The first-order valence-electron chi connectivity index (χ1n) is 12.6. The van der Waals surface area contributed by atoms with Gasteiger partial charge in [0.05, 0.1) is 22.4 Å². The number of halogens is 3. The summed E-state index contributed by atoms with van der Waals surface area (Å²) in [5.74, 6) is -0.832. The highest BCUT2D eigenvalue weighted by atomic mass is 32.2. The van der Waals surface area contributed by atoms with E-state index in [1.807, 2.05) is 45.9 Å². The Morgan fingerprint density at radius 3 is 2.32 bits per heavy atom. The molecule has 1 aromatic heterocycles. The number of sulfonamides is 1. The number of carbonyl (C=O) groups is 1. The molecule has 0 fully saturated rings. The van der Waals surface area contributed by atoms with E-state index in [0.29, 0.717) is 10.4 Å². The zero-order valence-electron chi connectivity index (χ0n) is 22.9. The third kappa shape index (κ3) is 6.51. The SMILES string of the molecule is Cc1ccc(-n2c(C)cc(/C=N\NC(=O)CN(c3cccc(C(F)(F)F)c3)S(=O)(=O)c3ccccc3)c2C)c(C)c1. The number of aromatic nitrogens is 1. The van der Waals surface area contributed by atoms with Gasteiger partial charge in [-0.25, -0.2) is 13.8 Å². The van der Waals surface area contributed by atoms with E-state index in [1.165, 1.54) is 36.5 Å². The van der Waals surface area contributed by atoms with Gasteiger partial charge in [0.25, 0.3) is 15.9 Å². The number of hydrazone groups is 1. The zero-order chi connectivity index (χ0) is 29.9. The number of alkyl halides is 3. The van der Waals surface area contributed by atoms with Crippen molar-refractivity contribution in [3.8, 4) is 5.69 Å². The Balaban J connectivity index is 1.59. The standard InChI is InChI=1S/C30H29F3N4O3S/c1-20-13-14-28(21(2)15-20)37-22(3)16-24(23(37)4)18-34-35-29(38)19-36(41(39,40)27-11-6-5-7-12-27)26-10-8-9-25(17-26)30(31,32)33/h5-18H,19H2,1-4H3,(H,35,38)/b34-18-. The van der Waals surface area contributed by atoms with Crippen molar-refractivity contribution in [3.63, 3.8) is 0 Å². The van der Waals surface area contributed by atoms with E-state index in [-0.39, 0.29) is 10.6 Å². The topological polar surface area (TPSA) is 83.8 Å². The second-order valence-corrected chi connectivity index (χ2v) is 11.5. The minimum Gasteiger partial charge on any atom is -0.318 e. The van der Waals surface area contributed by atoms with Crippen LogP contribution in [0, 0.1) is 27.7 Å². The largest absolute Gasteiger partial charge is 0.416 e. The van der Waals surface area contributed by atoms with Crippen LogP contribution in [0.5, 0.6) is 0 Å². The number of rotatable bonds is 8. The molecule has 7 nitrogen and oxygen atoms in total. The van der Waals surface area contributed by atoms with Crippen molar-refractivity contribution >= 4 is 27.8 Å². The van der Waals surface area contributed by atoms with Crippen LogP contribution in [0.4, 0.5) is 18.9 Å². The Morgan fingerprint density at radius 1 is 0.951 bits per heavy atom. The van der Waals surface area contributed by atoms with Gasteiger partial charge in [0, 0.05) is 22.6 Å². The Bertz CT molecular complexity index is 1710. The van der Waals surface area contributed by atoms with Crippen LogP contribution >= 0.6 is 0 Å². The zero-order valence-corrected chi connectivity index (χ0v) is 23.7. The first-order chi connectivity index (χ1) is 19.3. The molecule has 4 aromatic rings. The van der Waals surface area contributed by atoms with Gasteiger partial charge in [-0.15, -0.1) is 0 Å². The molecule has 0 saturated heterocycles. The highest BCUT2D eigenvalue weighted by molar-refractivity contribution is 7.92. The van der Waals surface area contributed by atoms with Crippen LogP contribution in [0.15, 0.2) is 88.9 Å². The molecule has 0 aliphatic heterocycles. The summed E-state index contributed by atoms with van der Waals surface area (Å²) < 4.78 is 69.7. The normalized spacial score (nSPS) is 12.1. The van der Waals surface area contributed by atoms with E-state index in [4.69, 9.17) is 0 Å². The van der Waals surface area contributed by atoms with Gasteiger partial charge >= 0.3 is 6.18 Å². The van der Waals surface area contributed by atoms with Crippen LogP contribution in [0.1, 0.15) is 33.6 Å². The third-order valence-electron chi connectivity index (χ3n) is 6.54. The van der Waals surface area contributed by atoms with Gasteiger partial charge in [0.2, 0.25) is 0 Å². The summed E-state index contributed by atoms with van der Waals surface area (Å²) >= 11 is 0. The maximum atomic E-state index is 13.4. The first kappa shape index (κ1) is 29.6. The molecule has 4 rings (SSSR count). The molecule has 1 N–H and O–H groups in total. The fourth-order valence-corrected chi connectivity index (χ4v) is 5.99. The molecule has 11 heteroatoms. The number of amides is 1. The predicted molar refractivity (Wildman–Crippen MR) is 153 cm³/mol. The van der Waals surface area contributed by atoms with Gasteiger partial charge in [-0.3, -0.25) is 9.10 Å². The van der Waals surface area contributed by atoms with E-state index in [0.717, 1.165) is 45.9 Å². The molecule has 1 amide bonds. The molecule has 0 unspecified atom stereocenters. The molecule has 214 valence electrons. The lowest BCUT2D eigenvalue weighted by Crippen LogP contribution is -2.39. The van der Waals surface area contributed by atoms with Crippen LogP contribution in [0.25, 0.3) is 5.69 Å². The number of aryl methyl sites for hydroxylation is 3. The van der Waals surface area contributed by atoms with Crippen molar-refractivity contribution in [2.45, 2.75) is 38.8 Å². The number of benzene rings is 3. The van der Waals surface area contributed by atoms with Gasteiger partial charge in [-0.1, -0.05) is 42.0 Å². The van der Waals surface area contributed by atoms with Crippen molar-refractivity contribution < 1.29 is 26.4 Å². The maximum Gasteiger partial charge on any atom is 0.416 e. The van der Waals surface area contributed by atoms with Gasteiger partial charge in [0.15, 0.2) is 0 Å². The second-order valence-electron chi connectivity index (χ2n) is 9.62. The summed E-state index contributed by atoms with van der Waals surface area (Å²) in [6.45, 7) is 7.11. The minimum atomic E-state index is -4.70. The Labute approximate surface area is 237 Å². The van der Waals surface area contributed by atoms with Crippen molar-refractivity contribution in [2.75, 3.05) is 10.8 Å². The molecular weight excluding hydrogens is 553 g/mol. The van der Waals surface area contributed by atoms with E-state index < -0.39 is 34.2 Å². The molecular formula is C30H29F3N4O3S. The second kappa shape index (κ2) is 11.6. The fraction of sp³-hybridized carbons (Fsp3) is 0.200. The summed E-state index contributed by atoms with van der Waals surface area (Å²) in [5, 5.41) is 4.01. The Hall–Kier alpha value is -4.38. The van der Waals surface area contributed by atoms with Gasteiger partial charge in [-0.05, 0) is 75.7 Å². The monoisotopic (exact) mass is 582 g/mol. The molecule has 0 aliphatic rings. The van der Waals surface area contributed by atoms with E-state index in [1.54, 1.807) is 6.07 Å². The Morgan fingerprint density at radius 2 is 1.66 bits per heavy atom. The number of hydrogen-bond acceptors (Lipinski definition) is 4. The van der Waals surface area contributed by atoms with Crippen LogP contribution in [-0.2, 0) is 21.0 Å². The fourth-order valence-electron chi connectivity index (χ4n) is 4.56. The third-order valence-corrected chi connectivity index (χ3v) is 8.32. The van der Waals surface area contributed by atoms with E-state index in [2.05, 4.69) is 21.2 Å². The molecule has 41 heavy (non-hydrogen) atoms. The summed E-state index contributed by atoms with van der Waals surface area (Å²) in [4.78, 5) is 12.7. The molecule has 1 heterocycles. The molecule has 3 aromatic carbocycles. The van der Waals surface area contributed by atoms with Crippen molar-refractivity contribution in [1.82, 2.24) is 9.99 Å². The van der Waals surface area contributed by atoms with E-state index >= 15 is 0 Å². The van der Waals surface area contributed by atoms with Crippen LogP contribution < -0.4 is 9.73 Å². The predicted octanol–water partition coefficient (Wildman–Crippen LogP) is 6.08. The summed E-state index contributed by atoms with van der Waals surface area (Å²) in [6, 6.07) is 19.0. The van der Waals surface area contributed by atoms with Gasteiger partial charge < -0.3 is 4.57 Å². The molecule has 0 saturated carbocycles. The lowest BCUT2D eigenvalue weighted by molar-refractivity contribution is -0.137. The van der Waals surface area contributed by atoms with E-state index in [9.17, 15) is 26.4 Å². The molecule has 0 bridgehead atoms. The minimum absolute atomic E-state index is 0.174. The number of nitrogens with zero attached hydrogens (tertiary/aromatic N) is 3.